The van der Waals surface area contributed by atoms with Gasteiger partial charge in [-0.15, -0.1) is 0 Å². The van der Waals surface area contributed by atoms with Crippen molar-refractivity contribution in [3.05, 3.63) is 125 Å². The molecule has 2 aliphatic carbocycles. The number of ketones is 2. The molecule has 2 amide bonds. The Morgan fingerprint density at radius 3 is 1.55 bits per heavy atom. The number of amides is 2. The lowest BCUT2D eigenvalue weighted by atomic mass is 9.67. The Labute approximate surface area is 394 Å². The number of methoxy groups -OCH3 is 2. The summed E-state index contributed by atoms with van der Waals surface area (Å²) in [6.07, 6.45) is 5.26. The third-order valence-corrected chi connectivity index (χ3v) is 13.7. The average molecular weight is 968 g/mol. The summed E-state index contributed by atoms with van der Waals surface area (Å²) in [7, 11) is 6.49. The maximum absolute atomic E-state index is 14.3. The first-order valence-electron chi connectivity index (χ1n) is 21.6. The fraction of sp³-hybridized carbons (Fsp3) is 0.438. The van der Waals surface area contributed by atoms with Crippen molar-refractivity contribution in [1.29, 1.82) is 0 Å². The van der Waals surface area contributed by atoms with Crippen molar-refractivity contribution >= 4 is 52.6 Å². The number of aromatic hydroxyl groups is 1. The fourth-order valence-electron chi connectivity index (χ4n) is 10.2. The SMILES string of the molecule is COCC1CC2(C1)CN(C)C(=O)c1c(O)c(=O)c(C(=O)CCc3cccc(Cl)c3F)cn12.COCC1CC2(C1)CN(C)C(=O)c1c(OC(C)=O)c(=O)c(C(=O)CCc3cccc(Cl)c3F)cn12. The Bertz CT molecular complexity index is 2800. The Kier molecular flexibility index (Phi) is 14.3. The zero-order valence-corrected chi connectivity index (χ0v) is 39.1. The molecule has 19 heteroatoms. The molecule has 1 N–H and O–H groups in total. The molecule has 2 fully saturated rings. The van der Waals surface area contributed by atoms with E-state index in [1.807, 2.05) is 0 Å². The van der Waals surface area contributed by atoms with Gasteiger partial charge in [-0.25, -0.2) is 8.78 Å². The second-order valence-electron chi connectivity index (χ2n) is 18.0. The lowest BCUT2D eigenvalue weighted by Crippen LogP contribution is -2.60. The fourth-order valence-corrected chi connectivity index (χ4v) is 10.5. The smallest absolute Gasteiger partial charge is 0.308 e. The largest absolute Gasteiger partial charge is 0.503 e. The first-order chi connectivity index (χ1) is 31.8. The number of pyridine rings is 2. The molecule has 0 atom stereocenters. The highest BCUT2D eigenvalue weighted by Crippen LogP contribution is 2.49. The molecule has 2 aromatic carbocycles. The van der Waals surface area contributed by atoms with Crippen LogP contribution in [0.2, 0.25) is 10.0 Å². The number of fused-ring (bicyclic) bond motifs is 4. The van der Waals surface area contributed by atoms with Gasteiger partial charge in [-0.1, -0.05) is 47.5 Å². The Morgan fingerprint density at radius 1 is 0.701 bits per heavy atom. The predicted molar refractivity (Wildman–Crippen MR) is 242 cm³/mol. The molecule has 0 saturated heterocycles. The standard InChI is InChI=1S/C25H26ClFN2O6.C23H24ClFN2O5/c1-14(30)35-23-21-24(33)28(2)13-25(9-15(10-25)12-34-3)29(21)11-17(22(23)32)19(31)8-7-16-5-4-6-18(26)20(16)27;1-26-12-23(8-13(9-23)11-32-2)27-10-15(20(29)21(30)19(27)22(26)31)17(28)7-6-14-4-3-5-16(24)18(14)25/h4-6,11,15H,7-10,12-13H2,1-3H3;3-5,10,13,30H,6-9,11-12H2,1-2H3. The van der Waals surface area contributed by atoms with Gasteiger partial charge in [-0.3, -0.25) is 33.6 Å². The number of aromatic nitrogens is 2. The van der Waals surface area contributed by atoms with Crippen molar-refractivity contribution in [2.24, 2.45) is 11.8 Å². The number of likely N-dealkylation sites (N-methyl/N-ethyl adjacent to an activating group) is 2. The number of Topliss-reactive ketones (excluding diaryl/α,β-unsaturated/α-hetero) is 2. The molecular formula is C48H50Cl2F2N4O11. The highest BCUT2D eigenvalue weighted by Gasteiger charge is 2.53. The molecule has 0 unspecified atom stereocenters. The third-order valence-electron chi connectivity index (χ3n) is 13.2. The van der Waals surface area contributed by atoms with E-state index in [-0.39, 0.29) is 81.2 Å². The summed E-state index contributed by atoms with van der Waals surface area (Å²) in [4.78, 5) is 92.8. The Balaban J connectivity index is 0.000000200. The molecule has 4 heterocycles. The highest BCUT2D eigenvalue weighted by molar-refractivity contribution is 6.31. The van der Waals surface area contributed by atoms with Gasteiger partial charge >= 0.3 is 5.97 Å². The lowest BCUT2D eigenvalue weighted by molar-refractivity contribution is -0.132. The van der Waals surface area contributed by atoms with Crippen LogP contribution in [0.15, 0.2) is 58.4 Å². The van der Waals surface area contributed by atoms with Crippen LogP contribution in [0.5, 0.6) is 11.5 Å². The van der Waals surface area contributed by atoms with Crippen LogP contribution >= 0.6 is 23.2 Å². The van der Waals surface area contributed by atoms with Gasteiger partial charge in [0.2, 0.25) is 16.6 Å². The van der Waals surface area contributed by atoms with Crippen LogP contribution in [-0.2, 0) is 38.2 Å². The number of esters is 1. The maximum Gasteiger partial charge on any atom is 0.308 e. The van der Waals surface area contributed by atoms with Gasteiger partial charge in [0.05, 0.1) is 32.3 Å². The second-order valence-corrected chi connectivity index (χ2v) is 18.8. The zero-order valence-electron chi connectivity index (χ0n) is 37.6. The molecule has 2 spiro atoms. The first kappa shape index (κ1) is 49.2. The van der Waals surface area contributed by atoms with Gasteiger partial charge in [0, 0.05) is 86.8 Å². The van der Waals surface area contributed by atoms with Crippen molar-refractivity contribution in [2.45, 2.75) is 69.4 Å². The average Bonchev–Trinajstić information content (AvgIpc) is 3.25. The molecule has 356 valence electrons. The van der Waals surface area contributed by atoms with E-state index in [0.29, 0.717) is 52.0 Å². The summed E-state index contributed by atoms with van der Waals surface area (Å²) in [6, 6.07) is 9.04. The van der Waals surface area contributed by atoms with Gasteiger partial charge in [0.25, 0.3) is 11.8 Å². The Morgan fingerprint density at radius 2 is 1.12 bits per heavy atom. The Hall–Kier alpha value is -5.75. The summed E-state index contributed by atoms with van der Waals surface area (Å²) >= 11 is 11.6. The van der Waals surface area contributed by atoms with Crippen LogP contribution in [-0.4, -0.2) is 108 Å². The molecule has 4 aliphatic rings. The van der Waals surface area contributed by atoms with Gasteiger partial charge in [0.1, 0.15) is 11.6 Å². The molecule has 0 radical (unpaired) electrons. The van der Waals surface area contributed by atoms with E-state index in [4.69, 9.17) is 37.4 Å². The number of hydrogen-bond acceptors (Lipinski definition) is 11. The van der Waals surface area contributed by atoms with Gasteiger partial charge < -0.3 is 38.3 Å². The zero-order chi connectivity index (χ0) is 48.7. The van der Waals surface area contributed by atoms with E-state index < -0.39 is 74.4 Å². The quantitative estimate of drug-likeness (QED) is 0.119. The molecular weight excluding hydrogens is 917 g/mol. The monoisotopic (exact) mass is 966 g/mol. The summed E-state index contributed by atoms with van der Waals surface area (Å²) in [5, 5.41) is 10.5. The molecule has 0 bridgehead atoms. The van der Waals surface area contributed by atoms with Crippen LogP contribution in [0.25, 0.3) is 0 Å². The summed E-state index contributed by atoms with van der Waals surface area (Å²) in [5.74, 6) is -4.68. The first-order valence-corrected chi connectivity index (χ1v) is 22.4. The van der Waals surface area contributed by atoms with E-state index in [0.717, 1.165) is 6.92 Å². The molecule has 67 heavy (non-hydrogen) atoms. The molecule has 2 aliphatic heterocycles. The maximum atomic E-state index is 14.3. The van der Waals surface area contributed by atoms with Crippen LogP contribution in [0.4, 0.5) is 8.78 Å². The van der Waals surface area contributed by atoms with Crippen LogP contribution < -0.4 is 15.6 Å². The second kappa shape index (κ2) is 19.5. The van der Waals surface area contributed by atoms with Crippen molar-refractivity contribution in [3.8, 4) is 11.5 Å². The van der Waals surface area contributed by atoms with Crippen LogP contribution in [0, 0.1) is 23.5 Å². The summed E-state index contributed by atoms with van der Waals surface area (Å²) in [6.45, 7) is 3.02. The molecule has 2 saturated carbocycles. The third kappa shape index (κ3) is 9.30. The van der Waals surface area contributed by atoms with Crippen molar-refractivity contribution in [3.63, 3.8) is 0 Å². The number of benzene rings is 2. The molecule has 2 aromatic heterocycles. The normalized spacial score (nSPS) is 21.5. The highest BCUT2D eigenvalue weighted by atomic mass is 35.5. The number of halogens is 4. The molecule has 4 aromatic rings. The minimum absolute atomic E-state index is 0.0258. The number of nitrogens with zero attached hydrogens (tertiary/aromatic N) is 4. The van der Waals surface area contributed by atoms with Crippen molar-refractivity contribution < 1.29 is 52.1 Å². The topological polar surface area (TPSA) is 184 Å². The lowest BCUT2D eigenvalue weighted by Gasteiger charge is -2.54. The summed E-state index contributed by atoms with van der Waals surface area (Å²) < 4.78 is 47.4. The van der Waals surface area contributed by atoms with E-state index in [1.165, 1.54) is 46.5 Å². The van der Waals surface area contributed by atoms with E-state index >= 15 is 0 Å². The summed E-state index contributed by atoms with van der Waals surface area (Å²) in [5.41, 5.74) is -2.85. The van der Waals surface area contributed by atoms with Crippen LogP contribution in [0.1, 0.15) is 98.3 Å². The number of hydrogen-bond donors (Lipinski definition) is 1. The van der Waals surface area contributed by atoms with E-state index in [1.54, 1.807) is 49.6 Å². The molecule has 8 rings (SSSR count). The number of aryl methyl sites for hydroxylation is 2. The van der Waals surface area contributed by atoms with Gasteiger partial charge in [-0.2, -0.15) is 0 Å². The number of ether oxygens (including phenoxy) is 3. The van der Waals surface area contributed by atoms with Crippen LogP contribution in [0.3, 0.4) is 0 Å². The molecule has 15 nitrogen and oxygen atoms in total. The van der Waals surface area contributed by atoms with Crippen molar-refractivity contribution in [2.75, 3.05) is 54.6 Å². The number of carbonyl (C=O) groups is 5. The van der Waals surface area contributed by atoms with Gasteiger partial charge in [0.15, 0.2) is 28.7 Å². The van der Waals surface area contributed by atoms with Crippen molar-refractivity contribution in [1.82, 2.24) is 18.9 Å². The van der Waals surface area contributed by atoms with E-state index in [2.05, 4.69) is 0 Å². The number of carbonyl (C=O) groups excluding carboxylic acids is 5. The number of rotatable bonds is 13. The predicted octanol–water partition coefficient (Wildman–Crippen LogP) is 6.22. The minimum Gasteiger partial charge on any atom is -0.503 e. The van der Waals surface area contributed by atoms with Gasteiger partial charge in [-0.05, 0) is 73.6 Å². The van der Waals surface area contributed by atoms with E-state index in [9.17, 15) is 47.4 Å². The minimum atomic E-state index is -0.889.